The highest BCUT2D eigenvalue weighted by atomic mass is 15.4. The van der Waals surface area contributed by atoms with E-state index in [9.17, 15) is 0 Å². The van der Waals surface area contributed by atoms with Gasteiger partial charge in [0.25, 0.3) is 0 Å². The molecule has 6 heteroatoms. The second-order valence-electron chi connectivity index (χ2n) is 6.54. The summed E-state index contributed by atoms with van der Waals surface area (Å²) in [5, 5.41) is 11.8. The fourth-order valence-electron chi connectivity index (χ4n) is 3.51. The highest BCUT2D eigenvalue weighted by Crippen LogP contribution is 2.28. The third-order valence-electron chi connectivity index (χ3n) is 4.81. The van der Waals surface area contributed by atoms with E-state index in [2.05, 4.69) is 32.3 Å². The molecule has 1 aliphatic rings. The minimum Gasteiger partial charge on any atom is -0.338 e. The highest BCUT2D eigenvalue weighted by Gasteiger charge is 2.23. The molecule has 0 saturated heterocycles. The minimum absolute atomic E-state index is 0.802. The van der Waals surface area contributed by atoms with Gasteiger partial charge in [-0.15, -0.1) is 5.10 Å². The number of hydrogen-bond acceptors (Lipinski definition) is 4. The van der Waals surface area contributed by atoms with Crippen molar-refractivity contribution in [2.24, 2.45) is 0 Å². The van der Waals surface area contributed by atoms with Gasteiger partial charge in [0.05, 0.1) is 5.69 Å². The molecule has 0 spiro atoms. The number of aromatic nitrogens is 4. The molecule has 27 heavy (non-hydrogen) atoms. The first-order chi connectivity index (χ1) is 13.4. The van der Waals surface area contributed by atoms with Crippen molar-refractivity contribution in [2.75, 3.05) is 11.9 Å². The standard InChI is InChI=1S/C21H20N6/c1-3-7-16(8-4-1)24-20-18-15-22-12-11-19(18)27(25-20)21-23-13-14-26(21)17-9-5-2-6-10-17/h1-10,13-14,22H,11-12,15H2,(H,24,25). The molecule has 0 amide bonds. The van der Waals surface area contributed by atoms with Crippen molar-refractivity contribution in [3.8, 4) is 11.6 Å². The van der Waals surface area contributed by atoms with Gasteiger partial charge < -0.3 is 10.6 Å². The third kappa shape index (κ3) is 2.90. The Labute approximate surface area is 157 Å². The smallest absolute Gasteiger partial charge is 0.235 e. The van der Waals surface area contributed by atoms with Gasteiger partial charge in [0.2, 0.25) is 5.95 Å². The topological polar surface area (TPSA) is 59.7 Å². The first-order valence-electron chi connectivity index (χ1n) is 9.13. The van der Waals surface area contributed by atoms with Crippen LogP contribution in [-0.4, -0.2) is 25.9 Å². The van der Waals surface area contributed by atoms with E-state index in [-0.39, 0.29) is 0 Å². The Morgan fingerprint density at radius 3 is 2.56 bits per heavy atom. The van der Waals surface area contributed by atoms with Crippen molar-refractivity contribution in [1.29, 1.82) is 0 Å². The van der Waals surface area contributed by atoms with Crippen LogP contribution < -0.4 is 10.6 Å². The maximum absolute atomic E-state index is 4.90. The molecule has 3 heterocycles. The maximum Gasteiger partial charge on any atom is 0.235 e. The number of para-hydroxylation sites is 2. The fraction of sp³-hybridized carbons (Fsp3) is 0.143. The molecular weight excluding hydrogens is 336 g/mol. The van der Waals surface area contributed by atoms with E-state index in [4.69, 9.17) is 5.10 Å². The lowest BCUT2D eigenvalue weighted by atomic mass is 10.1. The molecule has 2 aromatic heterocycles. The molecule has 134 valence electrons. The van der Waals surface area contributed by atoms with Crippen LogP contribution in [0.1, 0.15) is 11.3 Å². The van der Waals surface area contributed by atoms with Gasteiger partial charge in [-0.25, -0.2) is 9.67 Å². The normalized spacial score (nSPS) is 13.3. The molecule has 0 atom stereocenters. The summed E-state index contributed by atoms with van der Waals surface area (Å²) in [5.74, 6) is 1.69. The molecule has 0 aliphatic carbocycles. The zero-order valence-electron chi connectivity index (χ0n) is 14.8. The maximum atomic E-state index is 4.90. The fourth-order valence-corrected chi connectivity index (χ4v) is 3.51. The van der Waals surface area contributed by atoms with Crippen molar-refractivity contribution >= 4 is 11.5 Å². The molecule has 0 fully saturated rings. The van der Waals surface area contributed by atoms with Gasteiger partial charge in [0.15, 0.2) is 5.82 Å². The average molecular weight is 356 g/mol. The molecule has 0 radical (unpaired) electrons. The van der Waals surface area contributed by atoms with Crippen LogP contribution in [0.25, 0.3) is 11.6 Å². The van der Waals surface area contributed by atoms with Gasteiger partial charge in [-0.2, -0.15) is 0 Å². The van der Waals surface area contributed by atoms with Crippen LogP contribution in [-0.2, 0) is 13.0 Å². The summed E-state index contributed by atoms with van der Waals surface area (Å²) in [6.45, 7) is 1.74. The largest absolute Gasteiger partial charge is 0.338 e. The summed E-state index contributed by atoms with van der Waals surface area (Å²) in [5.41, 5.74) is 4.51. The second-order valence-corrected chi connectivity index (χ2v) is 6.54. The highest BCUT2D eigenvalue weighted by molar-refractivity contribution is 5.61. The Kier molecular flexibility index (Phi) is 3.95. The Balaban J connectivity index is 1.61. The number of nitrogens with one attached hydrogen (secondary N) is 2. The van der Waals surface area contributed by atoms with Crippen LogP contribution in [0.5, 0.6) is 0 Å². The van der Waals surface area contributed by atoms with E-state index in [0.717, 1.165) is 42.7 Å². The number of imidazole rings is 1. The van der Waals surface area contributed by atoms with Crippen molar-refractivity contribution in [2.45, 2.75) is 13.0 Å². The average Bonchev–Trinajstić information content (AvgIpc) is 3.35. The molecular formula is C21H20N6. The summed E-state index contributed by atoms with van der Waals surface area (Å²) in [6.07, 6.45) is 4.71. The van der Waals surface area contributed by atoms with E-state index in [0.29, 0.717) is 0 Å². The number of hydrogen-bond donors (Lipinski definition) is 2. The second kappa shape index (κ2) is 6.74. The molecule has 0 bridgehead atoms. The number of anilines is 2. The SMILES string of the molecule is c1ccc(Nc2nn(-c3nccn3-c3ccccc3)c3c2CNCC3)cc1. The predicted molar refractivity (Wildman–Crippen MR) is 106 cm³/mol. The Morgan fingerprint density at radius 2 is 1.74 bits per heavy atom. The van der Waals surface area contributed by atoms with E-state index in [1.54, 1.807) is 0 Å². The monoisotopic (exact) mass is 356 g/mol. The summed E-state index contributed by atoms with van der Waals surface area (Å²) in [6, 6.07) is 20.4. The van der Waals surface area contributed by atoms with Crippen LogP contribution >= 0.6 is 0 Å². The van der Waals surface area contributed by atoms with Gasteiger partial charge >= 0.3 is 0 Å². The van der Waals surface area contributed by atoms with E-state index >= 15 is 0 Å². The van der Waals surface area contributed by atoms with Crippen molar-refractivity contribution in [1.82, 2.24) is 24.6 Å². The van der Waals surface area contributed by atoms with Crippen LogP contribution in [0.3, 0.4) is 0 Å². The predicted octanol–water partition coefficient (Wildman–Crippen LogP) is 3.45. The van der Waals surface area contributed by atoms with Crippen LogP contribution in [0.15, 0.2) is 73.1 Å². The zero-order chi connectivity index (χ0) is 18.1. The lowest BCUT2D eigenvalue weighted by Gasteiger charge is -2.16. The molecule has 5 rings (SSSR count). The Hall–Kier alpha value is -3.38. The van der Waals surface area contributed by atoms with Crippen molar-refractivity contribution < 1.29 is 0 Å². The summed E-state index contributed by atoms with van der Waals surface area (Å²) in [4.78, 5) is 4.61. The number of benzene rings is 2. The molecule has 2 aromatic carbocycles. The van der Waals surface area contributed by atoms with Crippen LogP contribution in [0.2, 0.25) is 0 Å². The first kappa shape index (κ1) is 15.8. The zero-order valence-corrected chi connectivity index (χ0v) is 14.8. The number of rotatable bonds is 4. The molecule has 6 nitrogen and oxygen atoms in total. The van der Waals surface area contributed by atoms with Crippen molar-refractivity contribution in [3.05, 3.63) is 84.3 Å². The van der Waals surface area contributed by atoms with E-state index in [1.165, 1.54) is 11.3 Å². The molecule has 2 N–H and O–H groups in total. The number of fused-ring (bicyclic) bond motifs is 1. The summed E-state index contributed by atoms with van der Waals surface area (Å²) < 4.78 is 4.05. The first-order valence-corrected chi connectivity index (χ1v) is 9.13. The van der Waals surface area contributed by atoms with Crippen LogP contribution in [0.4, 0.5) is 11.5 Å². The third-order valence-corrected chi connectivity index (χ3v) is 4.81. The van der Waals surface area contributed by atoms with Gasteiger partial charge in [-0.1, -0.05) is 36.4 Å². The Morgan fingerprint density at radius 1 is 0.963 bits per heavy atom. The summed E-state index contributed by atoms with van der Waals surface area (Å²) >= 11 is 0. The van der Waals surface area contributed by atoms with Gasteiger partial charge in [-0.3, -0.25) is 4.57 Å². The summed E-state index contributed by atoms with van der Waals surface area (Å²) in [7, 11) is 0. The quantitative estimate of drug-likeness (QED) is 0.588. The van der Waals surface area contributed by atoms with Gasteiger partial charge in [0, 0.05) is 48.8 Å². The minimum atomic E-state index is 0.802. The number of nitrogens with zero attached hydrogens (tertiary/aromatic N) is 4. The van der Waals surface area contributed by atoms with Gasteiger partial charge in [0.1, 0.15) is 0 Å². The van der Waals surface area contributed by atoms with E-state index in [1.807, 2.05) is 65.6 Å². The lowest BCUT2D eigenvalue weighted by molar-refractivity contribution is 0.615. The van der Waals surface area contributed by atoms with Gasteiger partial charge in [-0.05, 0) is 24.3 Å². The van der Waals surface area contributed by atoms with Crippen LogP contribution in [0, 0.1) is 0 Å². The molecule has 1 aliphatic heterocycles. The lowest BCUT2D eigenvalue weighted by Crippen LogP contribution is -2.25. The van der Waals surface area contributed by atoms with Crippen molar-refractivity contribution in [3.63, 3.8) is 0 Å². The Bertz CT molecular complexity index is 1050. The molecule has 0 saturated carbocycles. The molecule has 0 unspecified atom stereocenters. The molecule has 4 aromatic rings. The van der Waals surface area contributed by atoms with E-state index < -0.39 is 0 Å².